The quantitative estimate of drug-likeness (QED) is 0.289. The highest BCUT2D eigenvalue weighted by Gasteiger charge is 2.43. The maximum absolute atomic E-state index is 15.5. The maximum Gasteiger partial charge on any atom is 0.404 e. The van der Waals surface area contributed by atoms with E-state index in [-0.39, 0.29) is 25.4 Å². The second kappa shape index (κ2) is 12.3. The summed E-state index contributed by atoms with van der Waals surface area (Å²) in [7, 11) is 0. The van der Waals surface area contributed by atoms with Gasteiger partial charge in [-0.2, -0.15) is 0 Å². The molecule has 0 saturated carbocycles. The number of halogens is 1. The van der Waals surface area contributed by atoms with Crippen molar-refractivity contribution in [1.82, 2.24) is 10.2 Å². The standard InChI is InChI=1S/C31H34FN3O5/c1-20-6-2-7-23(18-20)27-25(9-3-10-26(27)32)31(40,15-5-16-34-30(38)39)24-8-4-17-35(19-24)29(37)22-13-11-21(12-14-22)28(33)36/h2-3,6-7,9-14,18,24,34,40H,4-5,8,15-17,19H2,1H3,(H2,33,36)(H,38,39)/t24-,31+/m1/s1. The lowest BCUT2D eigenvalue weighted by atomic mass is 9.72. The second-order valence-corrected chi connectivity index (χ2v) is 10.3. The molecule has 1 fully saturated rings. The first-order valence-electron chi connectivity index (χ1n) is 13.3. The summed E-state index contributed by atoms with van der Waals surface area (Å²) in [5, 5.41) is 23.8. The van der Waals surface area contributed by atoms with E-state index in [0.717, 1.165) is 5.56 Å². The lowest BCUT2D eigenvalue weighted by Gasteiger charge is -2.43. The number of nitrogens with zero attached hydrogens (tertiary/aromatic N) is 1. The molecule has 4 rings (SSSR count). The van der Waals surface area contributed by atoms with E-state index in [1.54, 1.807) is 35.2 Å². The molecule has 0 aromatic heterocycles. The predicted molar refractivity (Wildman–Crippen MR) is 149 cm³/mol. The third-order valence-electron chi connectivity index (χ3n) is 7.60. The normalized spacial score (nSPS) is 16.7. The molecule has 3 aromatic rings. The van der Waals surface area contributed by atoms with Gasteiger partial charge in [-0.25, -0.2) is 9.18 Å². The Kier molecular flexibility index (Phi) is 8.84. The van der Waals surface area contributed by atoms with Crippen molar-refractivity contribution in [3.63, 3.8) is 0 Å². The summed E-state index contributed by atoms with van der Waals surface area (Å²) in [6, 6.07) is 18.2. The smallest absolute Gasteiger partial charge is 0.404 e. The third-order valence-corrected chi connectivity index (χ3v) is 7.60. The molecular weight excluding hydrogens is 513 g/mol. The van der Waals surface area contributed by atoms with Crippen molar-refractivity contribution in [3.8, 4) is 11.1 Å². The molecular formula is C31H34FN3O5. The SMILES string of the molecule is Cc1cccc(-c2c(F)cccc2[C@](O)(CCCNC(=O)O)[C@@H]2CCCN(C(=O)c3ccc(C(N)=O)cc3)C2)c1. The van der Waals surface area contributed by atoms with Crippen molar-refractivity contribution < 1.29 is 29.0 Å². The molecule has 0 aliphatic carbocycles. The highest BCUT2D eigenvalue weighted by molar-refractivity contribution is 5.97. The number of primary amides is 1. The summed E-state index contributed by atoms with van der Waals surface area (Å²) < 4.78 is 15.5. The monoisotopic (exact) mass is 547 g/mol. The Morgan fingerprint density at radius 2 is 1.77 bits per heavy atom. The molecule has 0 radical (unpaired) electrons. The molecule has 5 N–H and O–H groups in total. The number of amides is 3. The fourth-order valence-corrected chi connectivity index (χ4v) is 5.60. The van der Waals surface area contributed by atoms with Crippen molar-refractivity contribution >= 4 is 17.9 Å². The molecule has 9 heteroatoms. The van der Waals surface area contributed by atoms with Crippen LogP contribution in [-0.4, -0.2) is 52.7 Å². The van der Waals surface area contributed by atoms with E-state index in [2.05, 4.69) is 5.32 Å². The van der Waals surface area contributed by atoms with Gasteiger partial charge in [-0.1, -0.05) is 42.0 Å². The number of benzene rings is 3. The minimum Gasteiger partial charge on any atom is -0.465 e. The zero-order chi connectivity index (χ0) is 28.9. The van der Waals surface area contributed by atoms with Gasteiger partial charge in [0, 0.05) is 42.2 Å². The maximum atomic E-state index is 15.5. The molecule has 3 amide bonds. The van der Waals surface area contributed by atoms with Gasteiger partial charge in [-0.15, -0.1) is 0 Å². The number of aryl methyl sites for hydroxylation is 1. The van der Waals surface area contributed by atoms with Crippen LogP contribution in [0.5, 0.6) is 0 Å². The predicted octanol–water partition coefficient (Wildman–Crippen LogP) is 4.69. The average molecular weight is 548 g/mol. The van der Waals surface area contributed by atoms with Crippen LogP contribution in [0.2, 0.25) is 0 Å². The van der Waals surface area contributed by atoms with Gasteiger partial charge in [-0.05, 0) is 74.1 Å². The lowest BCUT2D eigenvalue weighted by Crippen LogP contribution is -2.48. The van der Waals surface area contributed by atoms with Crippen molar-refractivity contribution in [2.75, 3.05) is 19.6 Å². The Morgan fingerprint density at radius 1 is 1.07 bits per heavy atom. The van der Waals surface area contributed by atoms with Crippen LogP contribution in [0.3, 0.4) is 0 Å². The van der Waals surface area contributed by atoms with Crippen LogP contribution >= 0.6 is 0 Å². The molecule has 3 aromatic carbocycles. The molecule has 210 valence electrons. The molecule has 8 nitrogen and oxygen atoms in total. The number of aliphatic hydroxyl groups is 1. The van der Waals surface area contributed by atoms with Gasteiger partial charge in [0.1, 0.15) is 5.82 Å². The minimum atomic E-state index is -1.55. The van der Waals surface area contributed by atoms with Crippen LogP contribution in [0.25, 0.3) is 11.1 Å². The first-order valence-corrected chi connectivity index (χ1v) is 13.3. The summed E-state index contributed by atoms with van der Waals surface area (Å²) in [4.78, 5) is 37.5. The van der Waals surface area contributed by atoms with Crippen molar-refractivity contribution in [3.05, 3.63) is 94.8 Å². The van der Waals surface area contributed by atoms with E-state index in [4.69, 9.17) is 10.8 Å². The summed E-state index contributed by atoms with van der Waals surface area (Å²) in [6.07, 6.45) is 0.533. The molecule has 1 aliphatic rings. The number of carboxylic acid groups (broad SMARTS) is 1. The highest BCUT2D eigenvalue weighted by Crippen LogP contribution is 2.44. The molecule has 40 heavy (non-hydrogen) atoms. The van der Waals surface area contributed by atoms with Crippen LogP contribution in [0.15, 0.2) is 66.7 Å². The van der Waals surface area contributed by atoms with E-state index < -0.39 is 29.3 Å². The average Bonchev–Trinajstić information content (AvgIpc) is 2.94. The first kappa shape index (κ1) is 28.8. The molecule has 0 bridgehead atoms. The Labute approximate surface area is 232 Å². The Hall–Kier alpha value is -4.24. The number of nitrogens with one attached hydrogen (secondary N) is 1. The number of likely N-dealkylation sites (tertiary alicyclic amines) is 1. The van der Waals surface area contributed by atoms with Gasteiger partial charge in [0.25, 0.3) is 5.91 Å². The van der Waals surface area contributed by atoms with Gasteiger partial charge in [0.05, 0.1) is 5.60 Å². The third kappa shape index (κ3) is 6.31. The summed E-state index contributed by atoms with van der Waals surface area (Å²) in [6.45, 7) is 2.74. The van der Waals surface area contributed by atoms with Gasteiger partial charge in [-0.3, -0.25) is 9.59 Å². The molecule has 1 aliphatic heterocycles. The van der Waals surface area contributed by atoms with Gasteiger partial charge >= 0.3 is 6.09 Å². The topological polar surface area (TPSA) is 133 Å². The number of hydrogen-bond acceptors (Lipinski definition) is 4. The number of hydrogen-bond donors (Lipinski definition) is 4. The largest absolute Gasteiger partial charge is 0.465 e. The fourth-order valence-electron chi connectivity index (χ4n) is 5.60. The molecule has 0 spiro atoms. The minimum absolute atomic E-state index is 0.119. The number of piperidine rings is 1. The van der Waals surface area contributed by atoms with Gasteiger partial charge < -0.3 is 26.2 Å². The van der Waals surface area contributed by atoms with Crippen LogP contribution in [-0.2, 0) is 5.60 Å². The van der Waals surface area contributed by atoms with Gasteiger partial charge in [0.2, 0.25) is 5.91 Å². The molecule has 2 atom stereocenters. The van der Waals surface area contributed by atoms with Crippen LogP contribution in [0.1, 0.15) is 57.5 Å². The second-order valence-electron chi connectivity index (χ2n) is 10.3. The number of rotatable bonds is 9. The molecule has 1 heterocycles. The molecule has 1 saturated heterocycles. The van der Waals surface area contributed by atoms with E-state index in [9.17, 15) is 19.5 Å². The van der Waals surface area contributed by atoms with Crippen molar-refractivity contribution in [2.24, 2.45) is 11.7 Å². The van der Waals surface area contributed by atoms with E-state index in [1.807, 2.05) is 25.1 Å². The summed E-state index contributed by atoms with van der Waals surface area (Å²) in [5.41, 5.74) is 6.75. The van der Waals surface area contributed by atoms with E-state index in [1.165, 1.54) is 18.2 Å². The Bertz CT molecular complexity index is 1390. The molecule has 0 unspecified atom stereocenters. The zero-order valence-corrected chi connectivity index (χ0v) is 22.4. The zero-order valence-electron chi connectivity index (χ0n) is 22.4. The first-order chi connectivity index (χ1) is 19.1. The van der Waals surface area contributed by atoms with Gasteiger partial charge in [0.15, 0.2) is 0 Å². The van der Waals surface area contributed by atoms with Crippen molar-refractivity contribution in [1.29, 1.82) is 0 Å². The summed E-state index contributed by atoms with van der Waals surface area (Å²) in [5.74, 6) is -1.73. The highest BCUT2D eigenvalue weighted by atomic mass is 19.1. The van der Waals surface area contributed by atoms with Crippen LogP contribution < -0.4 is 11.1 Å². The van der Waals surface area contributed by atoms with Crippen molar-refractivity contribution in [2.45, 2.75) is 38.2 Å². The fraction of sp³-hybridized carbons (Fsp3) is 0.323. The van der Waals surface area contributed by atoms with Crippen LogP contribution in [0, 0.1) is 18.7 Å². The Morgan fingerprint density at radius 3 is 2.45 bits per heavy atom. The Balaban J connectivity index is 1.70. The number of carbonyl (C=O) groups excluding carboxylic acids is 2. The van der Waals surface area contributed by atoms with E-state index >= 15 is 4.39 Å². The van der Waals surface area contributed by atoms with E-state index in [0.29, 0.717) is 53.6 Å². The van der Waals surface area contributed by atoms with Crippen LogP contribution in [0.4, 0.5) is 9.18 Å². The summed E-state index contributed by atoms with van der Waals surface area (Å²) >= 11 is 0. The lowest BCUT2D eigenvalue weighted by molar-refractivity contribution is -0.0564. The number of carbonyl (C=O) groups is 3. The number of nitrogens with two attached hydrogens (primary N) is 1.